The zero-order valence-corrected chi connectivity index (χ0v) is 10.9. The van der Waals surface area contributed by atoms with E-state index >= 15 is 0 Å². The Labute approximate surface area is 115 Å². The molecule has 0 spiro atoms. The number of thioether (sulfide) groups is 1. The van der Waals surface area contributed by atoms with E-state index in [-0.39, 0.29) is 6.42 Å². The van der Waals surface area contributed by atoms with Crippen molar-refractivity contribution in [1.29, 1.82) is 0 Å². The van der Waals surface area contributed by atoms with Crippen molar-refractivity contribution in [3.05, 3.63) is 42.9 Å². The third kappa shape index (κ3) is 4.26. The molecule has 2 aromatic rings. The number of carbonyl (C=O) groups is 1. The predicted octanol–water partition coefficient (Wildman–Crippen LogP) is 2.79. The second kappa shape index (κ2) is 6.75. The maximum atomic E-state index is 10.5. The summed E-state index contributed by atoms with van der Waals surface area (Å²) in [6.45, 7) is 0. The van der Waals surface area contributed by atoms with Crippen molar-refractivity contribution in [3.63, 3.8) is 0 Å². The summed E-state index contributed by atoms with van der Waals surface area (Å²) in [7, 11) is 0. The zero-order chi connectivity index (χ0) is 13.5. The normalized spacial score (nSPS) is 10.1. The highest BCUT2D eigenvalue weighted by molar-refractivity contribution is 7.99. The molecule has 0 fully saturated rings. The summed E-state index contributed by atoms with van der Waals surface area (Å²) < 4.78 is 0. The first-order valence-electron chi connectivity index (χ1n) is 5.72. The number of nitrogens with one attached hydrogen (secondary N) is 1. The Morgan fingerprint density at radius 1 is 1.32 bits per heavy atom. The summed E-state index contributed by atoms with van der Waals surface area (Å²) in [5.74, 6) is 0.460. The third-order valence-electron chi connectivity index (χ3n) is 2.29. The average Bonchev–Trinajstić information content (AvgIpc) is 2.41. The van der Waals surface area contributed by atoms with Gasteiger partial charge in [-0.3, -0.25) is 9.78 Å². The van der Waals surface area contributed by atoms with E-state index in [9.17, 15) is 4.79 Å². The van der Waals surface area contributed by atoms with Gasteiger partial charge in [0.25, 0.3) is 0 Å². The Hall–Kier alpha value is -2.08. The molecule has 0 radical (unpaired) electrons. The van der Waals surface area contributed by atoms with Crippen LogP contribution < -0.4 is 5.32 Å². The van der Waals surface area contributed by atoms with Crippen molar-refractivity contribution in [2.75, 3.05) is 11.1 Å². The van der Waals surface area contributed by atoms with Gasteiger partial charge in [-0.1, -0.05) is 6.07 Å². The molecule has 0 aromatic carbocycles. The number of rotatable bonds is 6. The van der Waals surface area contributed by atoms with E-state index in [1.807, 2.05) is 24.3 Å². The van der Waals surface area contributed by atoms with E-state index in [1.54, 1.807) is 18.6 Å². The van der Waals surface area contributed by atoms with E-state index in [0.29, 0.717) is 5.75 Å². The lowest BCUT2D eigenvalue weighted by Gasteiger charge is -2.09. The number of hydrogen-bond acceptors (Lipinski definition) is 5. The van der Waals surface area contributed by atoms with Gasteiger partial charge in [-0.15, -0.1) is 11.8 Å². The lowest BCUT2D eigenvalue weighted by molar-refractivity contribution is -0.136. The van der Waals surface area contributed by atoms with Crippen LogP contribution in [0.1, 0.15) is 6.42 Å². The summed E-state index contributed by atoms with van der Waals surface area (Å²) in [6, 6.07) is 7.46. The first-order valence-corrected chi connectivity index (χ1v) is 6.71. The predicted molar refractivity (Wildman–Crippen MR) is 74.7 cm³/mol. The van der Waals surface area contributed by atoms with Gasteiger partial charge in [0.05, 0.1) is 12.1 Å². The highest BCUT2D eigenvalue weighted by Gasteiger charge is 2.05. The molecule has 0 saturated carbocycles. The van der Waals surface area contributed by atoms with Gasteiger partial charge in [0.2, 0.25) is 0 Å². The maximum Gasteiger partial charge on any atom is 0.304 e. The minimum atomic E-state index is -0.796. The maximum absolute atomic E-state index is 10.5. The Morgan fingerprint density at radius 2 is 2.21 bits per heavy atom. The molecule has 0 aliphatic heterocycles. The molecule has 0 bridgehead atoms. The molecule has 2 N–H and O–H groups in total. The van der Waals surface area contributed by atoms with Crippen LogP contribution in [0.3, 0.4) is 0 Å². The highest BCUT2D eigenvalue weighted by atomic mass is 32.2. The fourth-order valence-corrected chi connectivity index (χ4v) is 2.33. The van der Waals surface area contributed by atoms with Gasteiger partial charge >= 0.3 is 5.97 Å². The zero-order valence-electron chi connectivity index (χ0n) is 10.1. The van der Waals surface area contributed by atoms with Crippen LogP contribution in [0.2, 0.25) is 0 Å². The van der Waals surface area contributed by atoms with Crippen LogP contribution in [0.4, 0.5) is 11.5 Å². The number of carboxylic acids is 1. The molecular formula is C13H13N3O2S. The Morgan fingerprint density at radius 3 is 2.95 bits per heavy atom. The lowest BCUT2D eigenvalue weighted by atomic mass is 10.4. The topological polar surface area (TPSA) is 75.1 Å². The van der Waals surface area contributed by atoms with Gasteiger partial charge in [0.15, 0.2) is 0 Å². The van der Waals surface area contributed by atoms with Crippen LogP contribution in [0.5, 0.6) is 0 Å². The van der Waals surface area contributed by atoms with Gasteiger partial charge in [0.1, 0.15) is 5.82 Å². The molecule has 19 heavy (non-hydrogen) atoms. The second-order valence-electron chi connectivity index (χ2n) is 3.70. The van der Waals surface area contributed by atoms with Crippen LogP contribution >= 0.6 is 11.8 Å². The highest BCUT2D eigenvalue weighted by Crippen LogP contribution is 2.28. The third-order valence-corrected chi connectivity index (χ3v) is 3.33. The molecule has 0 aliphatic carbocycles. The van der Waals surface area contributed by atoms with Crippen LogP contribution in [-0.4, -0.2) is 26.8 Å². The summed E-state index contributed by atoms with van der Waals surface area (Å²) in [4.78, 5) is 19.7. The number of carboxylic acid groups (broad SMARTS) is 1. The van der Waals surface area contributed by atoms with Gasteiger partial charge in [-0.25, -0.2) is 4.98 Å². The second-order valence-corrected chi connectivity index (χ2v) is 4.84. The largest absolute Gasteiger partial charge is 0.481 e. The van der Waals surface area contributed by atoms with Crippen LogP contribution in [-0.2, 0) is 4.79 Å². The number of anilines is 2. The first-order chi connectivity index (χ1) is 9.25. The average molecular weight is 275 g/mol. The molecule has 0 saturated heterocycles. The summed E-state index contributed by atoms with van der Waals surface area (Å²) in [5, 5.41) is 11.8. The van der Waals surface area contributed by atoms with Crippen LogP contribution in [0.15, 0.2) is 47.8 Å². The molecule has 0 aliphatic rings. The molecule has 0 atom stereocenters. The van der Waals surface area contributed by atoms with Crippen LogP contribution in [0.25, 0.3) is 0 Å². The summed E-state index contributed by atoms with van der Waals surface area (Å²) in [6.07, 6.45) is 5.24. The van der Waals surface area contributed by atoms with Gasteiger partial charge < -0.3 is 10.4 Å². The molecule has 2 heterocycles. The molecule has 0 amide bonds. The Balaban J connectivity index is 2.06. The van der Waals surface area contributed by atoms with Gasteiger partial charge in [-0.05, 0) is 18.2 Å². The minimum Gasteiger partial charge on any atom is -0.481 e. The number of aromatic nitrogens is 2. The molecule has 2 rings (SSSR count). The van der Waals surface area contributed by atoms with E-state index in [1.165, 1.54) is 11.8 Å². The number of pyridine rings is 2. The lowest BCUT2D eigenvalue weighted by Crippen LogP contribution is -1.98. The fourth-order valence-electron chi connectivity index (χ4n) is 1.42. The van der Waals surface area contributed by atoms with Crippen molar-refractivity contribution in [1.82, 2.24) is 9.97 Å². The first kappa shape index (κ1) is 13.4. The van der Waals surface area contributed by atoms with E-state index < -0.39 is 5.97 Å². The van der Waals surface area contributed by atoms with E-state index in [4.69, 9.17) is 5.11 Å². The number of nitrogens with zero attached hydrogens (tertiary/aromatic N) is 2. The summed E-state index contributed by atoms with van der Waals surface area (Å²) in [5.41, 5.74) is 0.879. The van der Waals surface area contributed by atoms with Crippen molar-refractivity contribution < 1.29 is 9.90 Å². The molecular weight excluding hydrogens is 262 g/mol. The quantitative estimate of drug-likeness (QED) is 0.790. The monoisotopic (exact) mass is 275 g/mol. The van der Waals surface area contributed by atoms with Crippen molar-refractivity contribution in [3.8, 4) is 0 Å². The van der Waals surface area contributed by atoms with E-state index in [0.717, 1.165) is 16.4 Å². The molecule has 5 nitrogen and oxygen atoms in total. The SMILES string of the molecule is O=C(O)CCSc1cnccc1Nc1ccccn1. The standard InChI is InChI=1S/C13H13N3O2S/c17-13(18)5-8-19-11-9-14-7-4-10(11)16-12-3-1-2-6-15-12/h1-4,6-7,9H,5,8H2,(H,17,18)(H,14,15,16). The molecule has 98 valence electrons. The van der Waals surface area contributed by atoms with Crippen molar-refractivity contribution in [2.45, 2.75) is 11.3 Å². The fraction of sp³-hybridized carbons (Fsp3) is 0.154. The number of aliphatic carboxylic acids is 1. The number of hydrogen-bond donors (Lipinski definition) is 2. The minimum absolute atomic E-state index is 0.128. The van der Waals surface area contributed by atoms with Crippen molar-refractivity contribution in [2.24, 2.45) is 0 Å². The summed E-state index contributed by atoms with van der Waals surface area (Å²) >= 11 is 1.46. The molecule has 6 heteroatoms. The van der Waals surface area contributed by atoms with E-state index in [2.05, 4.69) is 15.3 Å². The van der Waals surface area contributed by atoms with Crippen LogP contribution in [0, 0.1) is 0 Å². The molecule has 2 aromatic heterocycles. The Kier molecular flexibility index (Phi) is 4.74. The molecule has 0 unspecified atom stereocenters. The van der Waals surface area contributed by atoms with Gasteiger partial charge in [-0.2, -0.15) is 0 Å². The Bertz CT molecular complexity index is 549. The smallest absolute Gasteiger partial charge is 0.304 e. The van der Waals surface area contributed by atoms with Crippen molar-refractivity contribution >= 4 is 29.2 Å². The van der Waals surface area contributed by atoms with Gasteiger partial charge in [0, 0.05) is 29.2 Å².